The molecule has 0 aliphatic carbocycles. The molecule has 8 heteroatoms. The number of fused-ring (bicyclic) bond motifs is 1. The molecule has 1 aromatic heterocycles. The number of nitrogens with one attached hydrogen (secondary N) is 1. The standard InChI is InChI=1S/C23H24N4O3S/c1-3-13-27-22(17-9-5-6-10-19(17)29-2)25-26-23(27)31-15-21(28)24-18-12-14-30-20-11-7-4-8-16(18)20/h3-11,18H,1,12-15H2,2H3,(H,24,28)/t18-/m1/s1. The Bertz CT molecular complexity index is 1080. The van der Waals surface area contributed by atoms with Gasteiger partial charge in [0.25, 0.3) is 0 Å². The molecule has 160 valence electrons. The fourth-order valence-corrected chi connectivity index (χ4v) is 4.33. The van der Waals surface area contributed by atoms with Gasteiger partial charge in [0.15, 0.2) is 11.0 Å². The van der Waals surface area contributed by atoms with E-state index in [9.17, 15) is 4.79 Å². The van der Waals surface area contributed by atoms with Crippen LogP contribution in [0.5, 0.6) is 11.5 Å². The van der Waals surface area contributed by atoms with Crippen molar-refractivity contribution in [2.24, 2.45) is 0 Å². The highest BCUT2D eigenvalue weighted by atomic mass is 32.2. The molecule has 0 saturated heterocycles. The van der Waals surface area contributed by atoms with Crippen molar-refractivity contribution in [2.75, 3.05) is 19.5 Å². The smallest absolute Gasteiger partial charge is 0.230 e. The fourth-order valence-electron chi connectivity index (χ4n) is 3.58. The maximum Gasteiger partial charge on any atom is 0.230 e. The number of rotatable bonds is 8. The summed E-state index contributed by atoms with van der Waals surface area (Å²) in [6.45, 7) is 4.95. The topological polar surface area (TPSA) is 78.3 Å². The summed E-state index contributed by atoms with van der Waals surface area (Å²) in [4.78, 5) is 12.7. The molecule has 1 aliphatic heterocycles. The molecular weight excluding hydrogens is 412 g/mol. The molecule has 3 aromatic rings. The Balaban J connectivity index is 1.47. The van der Waals surface area contributed by atoms with Crippen molar-refractivity contribution in [3.63, 3.8) is 0 Å². The Hall–Kier alpha value is -3.26. The average molecular weight is 437 g/mol. The molecular formula is C23H24N4O3S. The molecule has 1 amide bonds. The van der Waals surface area contributed by atoms with Crippen LogP contribution in [0, 0.1) is 0 Å². The van der Waals surface area contributed by atoms with Crippen LogP contribution >= 0.6 is 11.8 Å². The van der Waals surface area contributed by atoms with Crippen LogP contribution in [-0.2, 0) is 11.3 Å². The van der Waals surface area contributed by atoms with Crippen LogP contribution in [0.25, 0.3) is 11.4 Å². The molecule has 4 rings (SSSR count). The van der Waals surface area contributed by atoms with Gasteiger partial charge in [-0.25, -0.2) is 0 Å². The van der Waals surface area contributed by atoms with Crippen LogP contribution in [0.2, 0.25) is 0 Å². The minimum Gasteiger partial charge on any atom is -0.496 e. The summed E-state index contributed by atoms with van der Waals surface area (Å²) in [5, 5.41) is 12.4. The maximum absolute atomic E-state index is 12.7. The lowest BCUT2D eigenvalue weighted by Gasteiger charge is -2.26. The van der Waals surface area contributed by atoms with Gasteiger partial charge in [-0.2, -0.15) is 0 Å². The molecule has 31 heavy (non-hydrogen) atoms. The minimum absolute atomic E-state index is 0.0479. The normalized spacial score (nSPS) is 14.9. The number of benzene rings is 2. The van der Waals surface area contributed by atoms with Crippen LogP contribution in [0.1, 0.15) is 18.0 Å². The van der Waals surface area contributed by atoms with Gasteiger partial charge in [-0.15, -0.1) is 16.8 Å². The molecule has 1 N–H and O–H groups in total. The Labute approximate surface area is 185 Å². The SMILES string of the molecule is C=CCn1c(SCC(=O)N[C@@H]2CCOc3ccccc32)nnc1-c1ccccc1OC. The Morgan fingerprint density at radius 3 is 2.94 bits per heavy atom. The number of aromatic nitrogens is 3. The second kappa shape index (κ2) is 9.70. The monoisotopic (exact) mass is 436 g/mol. The van der Waals surface area contributed by atoms with Gasteiger partial charge in [0.1, 0.15) is 11.5 Å². The predicted molar refractivity (Wildman–Crippen MR) is 120 cm³/mol. The largest absolute Gasteiger partial charge is 0.496 e. The summed E-state index contributed by atoms with van der Waals surface area (Å²) >= 11 is 1.35. The third kappa shape index (κ3) is 4.59. The molecule has 0 fully saturated rings. The van der Waals surface area contributed by atoms with E-state index >= 15 is 0 Å². The number of thioether (sulfide) groups is 1. The van der Waals surface area contributed by atoms with Gasteiger partial charge in [0.05, 0.1) is 31.1 Å². The first-order valence-electron chi connectivity index (χ1n) is 10.0. The number of methoxy groups -OCH3 is 1. The molecule has 0 saturated carbocycles. The number of amides is 1. The van der Waals surface area contributed by atoms with Crippen molar-refractivity contribution in [1.82, 2.24) is 20.1 Å². The van der Waals surface area contributed by atoms with Crippen molar-refractivity contribution in [2.45, 2.75) is 24.2 Å². The second-order valence-corrected chi connectivity index (χ2v) is 7.93. The highest BCUT2D eigenvalue weighted by molar-refractivity contribution is 7.99. The van der Waals surface area contributed by atoms with E-state index in [1.807, 2.05) is 53.1 Å². The van der Waals surface area contributed by atoms with E-state index in [2.05, 4.69) is 22.1 Å². The average Bonchev–Trinajstić information content (AvgIpc) is 3.20. The Kier molecular flexibility index (Phi) is 6.57. The van der Waals surface area contributed by atoms with Crippen molar-refractivity contribution in [3.8, 4) is 22.9 Å². The van der Waals surface area contributed by atoms with Gasteiger partial charge in [-0.3, -0.25) is 9.36 Å². The van der Waals surface area contributed by atoms with E-state index < -0.39 is 0 Å². The van der Waals surface area contributed by atoms with Gasteiger partial charge >= 0.3 is 0 Å². The van der Waals surface area contributed by atoms with Crippen LogP contribution < -0.4 is 14.8 Å². The van der Waals surface area contributed by atoms with E-state index in [-0.39, 0.29) is 17.7 Å². The number of ether oxygens (including phenoxy) is 2. The molecule has 2 heterocycles. The number of hydrogen-bond donors (Lipinski definition) is 1. The first kappa shape index (κ1) is 21.0. The maximum atomic E-state index is 12.7. The highest BCUT2D eigenvalue weighted by Gasteiger charge is 2.23. The Morgan fingerprint density at radius 2 is 2.10 bits per heavy atom. The van der Waals surface area contributed by atoms with Gasteiger partial charge in [-0.1, -0.05) is 48.2 Å². The number of allylic oxidation sites excluding steroid dienone is 1. The molecule has 2 aromatic carbocycles. The second-order valence-electron chi connectivity index (χ2n) is 6.99. The summed E-state index contributed by atoms with van der Waals surface area (Å²) in [6, 6.07) is 15.4. The van der Waals surface area contributed by atoms with E-state index in [1.54, 1.807) is 13.2 Å². The van der Waals surface area contributed by atoms with E-state index in [1.165, 1.54) is 11.8 Å². The van der Waals surface area contributed by atoms with E-state index in [4.69, 9.17) is 9.47 Å². The highest BCUT2D eigenvalue weighted by Crippen LogP contribution is 2.33. The summed E-state index contributed by atoms with van der Waals surface area (Å²) in [7, 11) is 1.63. The first-order chi connectivity index (χ1) is 15.2. The number of carbonyl (C=O) groups excluding carboxylic acids is 1. The van der Waals surface area contributed by atoms with Crippen molar-refractivity contribution >= 4 is 17.7 Å². The number of carbonyl (C=O) groups is 1. The summed E-state index contributed by atoms with van der Waals surface area (Å²) in [6.07, 6.45) is 2.53. The van der Waals surface area contributed by atoms with E-state index in [0.717, 1.165) is 23.3 Å². The lowest BCUT2D eigenvalue weighted by molar-refractivity contribution is -0.119. The van der Waals surface area contributed by atoms with E-state index in [0.29, 0.717) is 29.9 Å². The van der Waals surface area contributed by atoms with Crippen LogP contribution in [0.4, 0.5) is 0 Å². The third-order valence-electron chi connectivity index (χ3n) is 5.00. The molecule has 1 atom stereocenters. The van der Waals surface area contributed by atoms with Crippen LogP contribution in [-0.4, -0.2) is 40.1 Å². The van der Waals surface area contributed by atoms with Crippen molar-refractivity contribution in [1.29, 1.82) is 0 Å². The summed E-state index contributed by atoms with van der Waals surface area (Å²) in [5.41, 5.74) is 1.86. The Morgan fingerprint density at radius 1 is 1.29 bits per heavy atom. The summed E-state index contributed by atoms with van der Waals surface area (Å²) in [5.74, 6) is 2.41. The molecule has 1 aliphatic rings. The number of para-hydroxylation sites is 2. The first-order valence-corrected chi connectivity index (χ1v) is 11.0. The number of hydrogen-bond acceptors (Lipinski definition) is 6. The zero-order chi connectivity index (χ0) is 21.6. The lowest BCUT2D eigenvalue weighted by Crippen LogP contribution is -2.33. The van der Waals surface area contributed by atoms with Crippen LogP contribution in [0.3, 0.4) is 0 Å². The van der Waals surface area contributed by atoms with Gasteiger partial charge in [0, 0.05) is 18.5 Å². The lowest BCUT2D eigenvalue weighted by atomic mass is 10.0. The molecule has 0 unspecified atom stereocenters. The predicted octanol–water partition coefficient (Wildman–Crippen LogP) is 3.87. The van der Waals surface area contributed by atoms with Crippen LogP contribution in [0.15, 0.2) is 66.3 Å². The zero-order valence-electron chi connectivity index (χ0n) is 17.3. The van der Waals surface area contributed by atoms with Gasteiger partial charge in [0.2, 0.25) is 5.91 Å². The van der Waals surface area contributed by atoms with Gasteiger partial charge in [-0.05, 0) is 18.2 Å². The fraction of sp³-hybridized carbons (Fsp3) is 0.261. The van der Waals surface area contributed by atoms with Gasteiger partial charge < -0.3 is 14.8 Å². The molecule has 7 nitrogen and oxygen atoms in total. The third-order valence-corrected chi connectivity index (χ3v) is 5.97. The number of nitrogens with zero attached hydrogens (tertiary/aromatic N) is 3. The summed E-state index contributed by atoms with van der Waals surface area (Å²) < 4.78 is 13.1. The molecule has 0 spiro atoms. The van der Waals surface area contributed by atoms with Crippen molar-refractivity contribution < 1.29 is 14.3 Å². The van der Waals surface area contributed by atoms with Crippen molar-refractivity contribution in [3.05, 3.63) is 66.7 Å². The molecule has 0 bridgehead atoms. The molecule has 0 radical (unpaired) electrons. The quantitative estimate of drug-likeness (QED) is 0.427. The minimum atomic E-state index is -0.0568. The zero-order valence-corrected chi connectivity index (χ0v) is 18.1.